The van der Waals surface area contributed by atoms with Crippen LogP contribution >= 0.6 is 0 Å². The number of carbonyl (C=O) groups excluding carboxylic acids is 2. The third-order valence-corrected chi connectivity index (χ3v) is 3.34. The number of para-hydroxylation sites is 1. The van der Waals surface area contributed by atoms with Gasteiger partial charge in [-0.2, -0.15) is 0 Å². The van der Waals surface area contributed by atoms with Gasteiger partial charge < -0.3 is 19.2 Å². The number of methoxy groups -OCH3 is 1. The van der Waals surface area contributed by atoms with Gasteiger partial charge in [0.2, 0.25) is 0 Å². The molecule has 0 aliphatic rings. The summed E-state index contributed by atoms with van der Waals surface area (Å²) in [6.45, 7) is -0.244. The molecular formula is C16H17NO6. The molecule has 0 saturated carbocycles. The molecule has 0 unspecified atom stereocenters. The number of ether oxygens (including phenoxy) is 1. The molecule has 0 saturated heterocycles. The van der Waals surface area contributed by atoms with Gasteiger partial charge in [0.05, 0.1) is 20.1 Å². The molecule has 0 radical (unpaired) electrons. The normalized spacial score (nSPS) is 10.5. The summed E-state index contributed by atoms with van der Waals surface area (Å²) >= 11 is 0. The average Bonchev–Trinajstić information content (AvgIpc) is 2.57. The van der Waals surface area contributed by atoms with Crippen LogP contribution in [0.25, 0.3) is 11.0 Å². The average molecular weight is 319 g/mol. The van der Waals surface area contributed by atoms with E-state index in [1.165, 1.54) is 18.1 Å². The molecule has 7 nitrogen and oxygen atoms in total. The highest BCUT2D eigenvalue weighted by Gasteiger charge is 2.21. The van der Waals surface area contributed by atoms with Gasteiger partial charge in [-0.25, -0.2) is 4.79 Å². The Morgan fingerprint density at radius 1 is 1.26 bits per heavy atom. The second-order valence-electron chi connectivity index (χ2n) is 4.83. The van der Waals surface area contributed by atoms with E-state index in [1.54, 1.807) is 24.3 Å². The van der Waals surface area contributed by atoms with E-state index < -0.39 is 17.5 Å². The van der Waals surface area contributed by atoms with E-state index in [-0.39, 0.29) is 31.7 Å². The number of rotatable bonds is 6. The fourth-order valence-electron chi connectivity index (χ4n) is 2.15. The smallest absolute Gasteiger partial charge is 0.349 e. The van der Waals surface area contributed by atoms with Gasteiger partial charge in [-0.15, -0.1) is 0 Å². The summed E-state index contributed by atoms with van der Waals surface area (Å²) in [6.07, 6.45) is -0.0266. The van der Waals surface area contributed by atoms with E-state index in [0.29, 0.717) is 11.0 Å². The summed E-state index contributed by atoms with van der Waals surface area (Å²) < 4.78 is 9.66. The Balaban J connectivity index is 2.30. The molecule has 0 aliphatic heterocycles. The predicted molar refractivity (Wildman–Crippen MR) is 82.1 cm³/mol. The quantitative estimate of drug-likeness (QED) is 0.624. The third-order valence-electron chi connectivity index (χ3n) is 3.34. The SMILES string of the molecule is COC(=O)CCN(CCO)C(=O)c1cc2ccccc2oc1=O. The van der Waals surface area contributed by atoms with Crippen LogP contribution in [0.1, 0.15) is 16.8 Å². The summed E-state index contributed by atoms with van der Waals surface area (Å²) in [5.41, 5.74) is -0.506. The van der Waals surface area contributed by atoms with E-state index in [4.69, 9.17) is 9.52 Å². The Morgan fingerprint density at radius 3 is 2.70 bits per heavy atom. The standard InChI is InChI=1S/C16H17NO6/c1-22-14(19)6-7-17(8-9-18)15(20)12-10-11-4-2-3-5-13(11)23-16(12)21/h2-5,10,18H,6-9H2,1H3. The number of aliphatic hydroxyl groups is 1. The van der Waals surface area contributed by atoms with Crippen molar-refractivity contribution in [2.75, 3.05) is 26.8 Å². The van der Waals surface area contributed by atoms with Crippen molar-refractivity contribution >= 4 is 22.8 Å². The number of carbonyl (C=O) groups is 2. The topological polar surface area (TPSA) is 97.1 Å². The molecule has 0 aliphatic carbocycles. The highest BCUT2D eigenvalue weighted by atomic mass is 16.5. The molecule has 0 atom stereocenters. The zero-order valence-electron chi connectivity index (χ0n) is 12.7. The number of nitrogens with zero attached hydrogens (tertiary/aromatic N) is 1. The maximum atomic E-state index is 12.5. The maximum absolute atomic E-state index is 12.5. The van der Waals surface area contributed by atoms with Crippen molar-refractivity contribution in [2.24, 2.45) is 0 Å². The Labute approximate surface area is 132 Å². The molecular weight excluding hydrogens is 302 g/mol. The van der Waals surface area contributed by atoms with Crippen LogP contribution in [0.3, 0.4) is 0 Å². The largest absolute Gasteiger partial charge is 0.469 e. The van der Waals surface area contributed by atoms with Crippen LogP contribution in [0, 0.1) is 0 Å². The van der Waals surface area contributed by atoms with Crippen LogP contribution in [0.5, 0.6) is 0 Å². The highest BCUT2D eigenvalue weighted by Crippen LogP contribution is 2.14. The molecule has 2 aromatic rings. The minimum absolute atomic E-state index is 0.00208. The first kappa shape index (κ1) is 16.7. The zero-order valence-corrected chi connectivity index (χ0v) is 12.7. The molecule has 23 heavy (non-hydrogen) atoms. The fraction of sp³-hybridized carbons (Fsp3) is 0.312. The van der Waals surface area contributed by atoms with Crippen molar-refractivity contribution in [3.05, 3.63) is 46.3 Å². The number of amides is 1. The van der Waals surface area contributed by atoms with E-state index in [9.17, 15) is 14.4 Å². The molecule has 2 rings (SSSR count). The summed E-state index contributed by atoms with van der Waals surface area (Å²) in [7, 11) is 1.25. The Hall–Kier alpha value is -2.67. The summed E-state index contributed by atoms with van der Waals surface area (Å²) in [5, 5.41) is 9.70. The summed E-state index contributed by atoms with van der Waals surface area (Å²) in [4.78, 5) is 37.0. The molecule has 1 heterocycles. The van der Waals surface area contributed by atoms with Gasteiger partial charge in [0.25, 0.3) is 5.91 Å². The summed E-state index contributed by atoms with van der Waals surface area (Å²) in [6, 6.07) is 8.29. The van der Waals surface area contributed by atoms with Crippen LogP contribution in [0.2, 0.25) is 0 Å². The molecule has 1 amide bonds. The monoisotopic (exact) mass is 319 g/mol. The minimum atomic E-state index is -0.755. The Bertz CT molecular complexity index is 766. The van der Waals surface area contributed by atoms with Crippen molar-refractivity contribution < 1.29 is 23.8 Å². The van der Waals surface area contributed by atoms with Crippen LogP contribution in [0.4, 0.5) is 0 Å². The molecule has 0 fully saturated rings. The number of hydrogen-bond acceptors (Lipinski definition) is 6. The lowest BCUT2D eigenvalue weighted by atomic mass is 10.1. The lowest BCUT2D eigenvalue weighted by Gasteiger charge is -2.20. The van der Waals surface area contributed by atoms with E-state index in [0.717, 1.165) is 0 Å². The van der Waals surface area contributed by atoms with Crippen LogP contribution in [0.15, 0.2) is 39.5 Å². The zero-order chi connectivity index (χ0) is 16.8. The van der Waals surface area contributed by atoms with E-state index in [1.807, 2.05) is 0 Å². The van der Waals surface area contributed by atoms with Crippen LogP contribution in [-0.4, -0.2) is 48.7 Å². The number of fused-ring (bicyclic) bond motifs is 1. The first-order valence-corrected chi connectivity index (χ1v) is 7.06. The lowest BCUT2D eigenvalue weighted by Crippen LogP contribution is -2.37. The van der Waals surface area contributed by atoms with Gasteiger partial charge in [0, 0.05) is 18.5 Å². The van der Waals surface area contributed by atoms with Crippen LogP contribution < -0.4 is 5.63 Å². The van der Waals surface area contributed by atoms with Crippen molar-refractivity contribution in [3.8, 4) is 0 Å². The first-order valence-electron chi connectivity index (χ1n) is 7.06. The number of aliphatic hydroxyl groups excluding tert-OH is 1. The van der Waals surface area contributed by atoms with Crippen molar-refractivity contribution in [2.45, 2.75) is 6.42 Å². The number of hydrogen-bond donors (Lipinski definition) is 1. The fourth-order valence-corrected chi connectivity index (χ4v) is 2.15. The first-order chi connectivity index (χ1) is 11.1. The highest BCUT2D eigenvalue weighted by molar-refractivity contribution is 5.96. The van der Waals surface area contributed by atoms with E-state index >= 15 is 0 Å². The van der Waals surface area contributed by atoms with Crippen LogP contribution in [-0.2, 0) is 9.53 Å². The molecule has 1 N–H and O–H groups in total. The second kappa shape index (κ2) is 7.55. The van der Waals surface area contributed by atoms with Gasteiger partial charge in [0.15, 0.2) is 0 Å². The van der Waals surface area contributed by atoms with Gasteiger partial charge >= 0.3 is 11.6 Å². The number of esters is 1. The Kier molecular flexibility index (Phi) is 5.48. The molecule has 1 aromatic heterocycles. The van der Waals surface area contributed by atoms with Gasteiger partial charge in [-0.05, 0) is 12.1 Å². The Morgan fingerprint density at radius 2 is 2.00 bits per heavy atom. The number of benzene rings is 1. The van der Waals surface area contributed by atoms with Gasteiger partial charge in [-0.3, -0.25) is 9.59 Å². The molecule has 0 spiro atoms. The molecule has 0 bridgehead atoms. The van der Waals surface area contributed by atoms with Gasteiger partial charge in [0.1, 0.15) is 11.1 Å². The third kappa shape index (κ3) is 3.95. The van der Waals surface area contributed by atoms with Crippen molar-refractivity contribution in [3.63, 3.8) is 0 Å². The maximum Gasteiger partial charge on any atom is 0.349 e. The predicted octanol–water partition coefficient (Wildman–Crippen LogP) is 0.791. The summed E-state index contributed by atoms with van der Waals surface area (Å²) in [5.74, 6) is -1.08. The lowest BCUT2D eigenvalue weighted by molar-refractivity contribution is -0.140. The molecule has 1 aromatic carbocycles. The molecule has 7 heteroatoms. The van der Waals surface area contributed by atoms with Crippen molar-refractivity contribution in [1.29, 1.82) is 0 Å². The van der Waals surface area contributed by atoms with E-state index in [2.05, 4.69) is 4.74 Å². The van der Waals surface area contributed by atoms with Gasteiger partial charge in [-0.1, -0.05) is 18.2 Å². The second-order valence-corrected chi connectivity index (χ2v) is 4.83. The van der Waals surface area contributed by atoms with Crippen molar-refractivity contribution in [1.82, 2.24) is 4.90 Å². The minimum Gasteiger partial charge on any atom is -0.469 e. The molecule has 122 valence electrons.